The van der Waals surface area contributed by atoms with E-state index in [2.05, 4.69) is 19.2 Å². The Hall–Kier alpha value is -2.33. The van der Waals surface area contributed by atoms with Crippen molar-refractivity contribution in [1.29, 1.82) is 0 Å². The van der Waals surface area contributed by atoms with Gasteiger partial charge in [-0.25, -0.2) is 0 Å². The third-order valence-electron chi connectivity index (χ3n) is 4.23. The van der Waals surface area contributed by atoms with Crippen LogP contribution in [0, 0.1) is 0 Å². The van der Waals surface area contributed by atoms with Crippen molar-refractivity contribution in [2.24, 2.45) is 0 Å². The van der Waals surface area contributed by atoms with Crippen LogP contribution in [0.4, 0.5) is 0 Å². The van der Waals surface area contributed by atoms with E-state index in [1.807, 2.05) is 29.2 Å². The third-order valence-corrected chi connectivity index (χ3v) is 4.47. The lowest BCUT2D eigenvalue weighted by Crippen LogP contribution is -2.33. The molecule has 0 fully saturated rings. The molecule has 144 valence electrons. The minimum atomic E-state index is -0.177. The van der Waals surface area contributed by atoms with Crippen molar-refractivity contribution >= 4 is 23.4 Å². The number of carbonyl (C=O) groups excluding carboxylic acids is 2. The second-order valence-corrected chi connectivity index (χ2v) is 6.95. The van der Waals surface area contributed by atoms with Gasteiger partial charge in [0.1, 0.15) is 0 Å². The van der Waals surface area contributed by atoms with Gasteiger partial charge < -0.3 is 10.2 Å². The Morgan fingerprint density at radius 1 is 0.963 bits per heavy atom. The molecule has 2 rings (SSSR count). The Kier molecular flexibility index (Phi) is 8.34. The number of nitrogens with one attached hydrogen (secondary N) is 1. The number of carbonyl (C=O) groups is 2. The highest BCUT2D eigenvalue weighted by Gasteiger charge is 2.16. The summed E-state index contributed by atoms with van der Waals surface area (Å²) in [4.78, 5) is 27.0. The minimum Gasteiger partial charge on any atom is -0.352 e. The maximum Gasteiger partial charge on any atom is 0.253 e. The van der Waals surface area contributed by atoms with Gasteiger partial charge in [-0.15, -0.1) is 0 Å². The summed E-state index contributed by atoms with van der Waals surface area (Å²) in [7, 11) is 0. The predicted octanol–water partition coefficient (Wildman–Crippen LogP) is 4.57. The van der Waals surface area contributed by atoms with Crippen molar-refractivity contribution in [3.63, 3.8) is 0 Å². The summed E-state index contributed by atoms with van der Waals surface area (Å²) in [5.41, 5.74) is 2.13. The summed E-state index contributed by atoms with van der Waals surface area (Å²) < 4.78 is 0. The maximum atomic E-state index is 12.7. The average molecular weight is 387 g/mol. The van der Waals surface area contributed by atoms with Gasteiger partial charge in [-0.2, -0.15) is 0 Å². The van der Waals surface area contributed by atoms with Gasteiger partial charge in [-0.1, -0.05) is 43.6 Å². The number of hydrogen-bond donors (Lipinski definition) is 1. The number of halogens is 1. The van der Waals surface area contributed by atoms with E-state index in [1.54, 1.807) is 24.3 Å². The van der Waals surface area contributed by atoms with Crippen LogP contribution in [0.2, 0.25) is 5.02 Å². The molecule has 0 aliphatic heterocycles. The van der Waals surface area contributed by atoms with Gasteiger partial charge >= 0.3 is 0 Å². The standard InChI is InChI=1S/C22H27ClN2O2/c1-3-13-25(14-4-2)22(27)19-9-6-8-18(16-19)21(26)24-12-11-17-7-5-10-20(23)15-17/h5-10,15-16H,3-4,11-14H2,1-2H3,(H,24,26). The molecule has 2 amide bonds. The molecule has 0 saturated heterocycles. The first-order valence-electron chi connectivity index (χ1n) is 9.47. The molecule has 5 heteroatoms. The molecule has 0 spiro atoms. The van der Waals surface area contributed by atoms with E-state index in [9.17, 15) is 9.59 Å². The van der Waals surface area contributed by atoms with Crippen LogP contribution in [0.25, 0.3) is 0 Å². The monoisotopic (exact) mass is 386 g/mol. The molecule has 0 aliphatic carbocycles. The van der Waals surface area contributed by atoms with Crippen LogP contribution >= 0.6 is 11.6 Å². The zero-order valence-electron chi connectivity index (χ0n) is 16.0. The molecule has 1 N–H and O–H groups in total. The van der Waals surface area contributed by atoms with Crippen molar-refractivity contribution < 1.29 is 9.59 Å². The zero-order chi connectivity index (χ0) is 19.6. The molecule has 0 radical (unpaired) electrons. The Morgan fingerprint density at radius 3 is 2.30 bits per heavy atom. The number of benzene rings is 2. The van der Waals surface area contributed by atoms with Gasteiger partial charge in [-0.05, 0) is 55.2 Å². The van der Waals surface area contributed by atoms with Crippen LogP contribution in [0.15, 0.2) is 48.5 Å². The average Bonchev–Trinajstić information content (AvgIpc) is 2.67. The molecule has 0 atom stereocenters. The number of hydrogen-bond acceptors (Lipinski definition) is 2. The molecule has 0 aromatic heterocycles. The summed E-state index contributed by atoms with van der Waals surface area (Å²) in [6.07, 6.45) is 2.52. The van der Waals surface area contributed by atoms with E-state index >= 15 is 0 Å². The zero-order valence-corrected chi connectivity index (χ0v) is 16.8. The summed E-state index contributed by atoms with van der Waals surface area (Å²) in [6.45, 7) is 6.07. The second kappa shape index (κ2) is 10.7. The number of amides is 2. The van der Waals surface area contributed by atoms with E-state index < -0.39 is 0 Å². The molecule has 27 heavy (non-hydrogen) atoms. The fourth-order valence-corrected chi connectivity index (χ4v) is 3.16. The first kappa shape index (κ1) is 21.0. The van der Waals surface area contributed by atoms with Crippen LogP contribution in [-0.4, -0.2) is 36.3 Å². The normalized spacial score (nSPS) is 10.5. The summed E-state index contributed by atoms with van der Waals surface area (Å²) in [6, 6.07) is 14.5. The molecular formula is C22H27ClN2O2. The fourth-order valence-electron chi connectivity index (χ4n) is 2.95. The van der Waals surface area contributed by atoms with Gasteiger partial charge in [0, 0.05) is 35.8 Å². The topological polar surface area (TPSA) is 49.4 Å². The number of nitrogens with zero attached hydrogens (tertiary/aromatic N) is 1. The molecule has 0 heterocycles. The molecule has 0 bridgehead atoms. The SMILES string of the molecule is CCCN(CCC)C(=O)c1cccc(C(=O)NCCc2cccc(Cl)c2)c1. The Labute approximate surface area is 166 Å². The van der Waals surface area contributed by atoms with Crippen LogP contribution < -0.4 is 5.32 Å². The molecule has 4 nitrogen and oxygen atoms in total. The van der Waals surface area contributed by atoms with Gasteiger partial charge in [0.25, 0.3) is 11.8 Å². The van der Waals surface area contributed by atoms with Gasteiger partial charge in [0.15, 0.2) is 0 Å². The van der Waals surface area contributed by atoms with Gasteiger partial charge in [-0.3, -0.25) is 9.59 Å². The van der Waals surface area contributed by atoms with Crippen LogP contribution in [-0.2, 0) is 6.42 Å². The Bertz CT molecular complexity index is 770. The molecular weight excluding hydrogens is 360 g/mol. The molecule has 2 aromatic rings. The lowest BCUT2D eigenvalue weighted by atomic mass is 10.1. The predicted molar refractivity (Wildman–Crippen MR) is 110 cm³/mol. The first-order chi connectivity index (χ1) is 13.0. The Balaban J connectivity index is 1.98. The van der Waals surface area contributed by atoms with Gasteiger partial charge in [0.2, 0.25) is 0 Å². The Morgan fingerprint density at radius 2 is 1.63 bits per heavy atom. The summed E-state index contributed by atoms with van der Waals surface area (Å²) in [5.74, 6) is -0.198. The van der Waals surface area contributed by atoms with Crippen molar-refractivity contribution in [3.8, 4) is 0 Å². The first-order valence-corrected chi connectivity index (χ1v) is 9.85. The smallest absolute Gasteiger partial charge is 0.253 e. The lowest BCUT2D eigenvalue weighted by Gasteiger charge is -2.21. The van der Waals surface area contributed by atoms with E-state index in [0.717, 1.165) is 31.5 Å². The van der Waals surface area contributed by atoms with Crippen molar-refractivity contribution in [1.82, 2.24) is 10.2 Å². The van der Waals surface area contributed by atoms with Crippen molar-refractivity contribution in [2.45, 2.75) is 33.1 Å². The summed E-state index contributed by atoms with van der Waals surface area (Å²) in [5, 5.41) is 3.59. The highest BCUT2D eigenvalue weighted by Crippen LogP contribution is 2.12. The summed E-state index contributed by atoms with van der Waals surface area (Å²) >= 11 is 5.98. The second-order valence-electron chi connectivity index (χ2n) is 6.51. The fraction of sp³-hybridized carbons (Fsp3) is 0.364. The van der Waals surface area contributed by atoms with Crippen LogP contribution in [0.1, 0.15) is 53.0 Å². The van der Waals surface area contributed by atoms with Crippen LogP contribution in [0.5, 0.6) is 0 Å². The van der Waals surface area contributed by atoms with E-state index in [-0.39, 0.29) is 11.8 Å². The largest absolute Gasteiger partial charge is 0.352 e. The number of rotatable bonds is 9. The van der Waals surface area contributed by atoms with E-state index in [1.165, 1.54) is 0 Å². The molecule has 0 aliphatic rings. The highest BCUT2D eigenvalue weighted by molar-refractivity contribution is 6.30. The molecule has 0 unspecified atom stereocenters. The van der Waals surface area contributed by atoms with E-state index in [0.29, 0.717) is 29.1 Å². The highest BCUT2D eigenvalue weighted by atomic mass is 35.5. The van der Waals surface area contributed by atoms with Crippen LogP contribution in [0.3, 0.4) is 0 Å². The lowest BCUT2D eigenvalue weighted by molar-refractivity contribution is 0.0755. The molecule has 2 aromatic carbocycles. The maximum absolute atomic E-state index is 12.7. The third kappa shape index (κ3) is 6.40. The molecule has 0 saturated carbocycles. The van der Waals surface area contributed by atoms with Crippen molar-refractivity contribution in [2.75, 3.05) is 19.6 Å². The van der Waals surface area contributed by atoms with Crippen molar-refractivity contribution in [3.05, 3.63) is 70.2 Å². The van der Waals surface area contributed by atoms with Gasteiger partial charge in [0.05, 0.1) is 0 Å². The van der Waals surface area contributed by atoms with E-state index in [4.69, 9.17) is 11.6 Å². The minimum absolute atomic E-state index is 0.0210. The quantitative estimate of drug-likeness (QED) is 0.686.